The van der Waals surface area contributed by atoms with Gasteiger partial charge in [-0.25, -0.2) is 0 Å². The lowest BCUT2D eigenvalue weighted by atomic mass is 9.77. The van der Waals surface area contributed by atoms with E-state index < -0.39 is 4.92 Å². The summed E-state index contributed by atoms with van der Waals surface area (Å²) in [6.07, 6.45) is 4.26. The van der Waals surface area contributed by atoms with Crippen LogP contribution in [0.5, 0.6) is 0 Å². The van der Waals surface area contributed by atoms with Crippen LogP contribution in [0.1, 0.15) is 59.1 Å². The van der Waals surface area contributed by atoms with Crippen molar-refractivity contribution in [2.75, 3.05) is 26.2 Å². The van der Waals surface area contributed by atoms with E-state index in [-0.39, 0.29) is 35.3 Å². The van der Waals surface area contributed by atoms with Gasteiger partial charge in [0.25, 0.3) is 5.91 Å². The highest BCUT2D eigenvalue weighted by Crippen LogP contribution is 2.40. The number of rotatable bonds is 6. The van der Waals surface area contributed by atoms with Crippen LogP contribution < -0.4 is 0 Å². The van der Waals surface area contributed by atoms with Gasteiger partial charge in [0.05, 0.1) is 0 Å². The van der Waals surface area contributed by atoms with Gasteiger partial charge in [-0.1, -0.05) is 12.1 Å². The number of hydrogen-bond acceptors (Lipinski definition) is 6. The van der Waals surface area contributed by atoms with E-state index in [4.69, 9.17) is 0 Å². The molecule has 2 fully saturated rings. The predicted octanol–water partition coefficient (Wildman–Crippen LogP) is 2.85. The molecule has 10 heteroatoms. The number of hydrogen-bond donors (Lipinski definition) is 0. The Bertz CT molecular complexity index is 1120. The van der Waals surface area contributed by atoms with Crippen LogP contribution in [0.3, 0.4) is 0 Å². The molecule has 2 saturated heterocycles. The summed E-state index contributed by atoms with van der Waals surface area (Å²) in [7, 11) is 0. The zero-order chi connectivity index (χ0) is 24.5. The predicted molar refractivity (Wildman–Crippen MR) is 123 cm³/mol. The van der Waals surface area contributed by atoms with Crippen molar-refractivity contribution >= 4 is 23.4 Å². The highest BCUT2D eigenvalue weighted by molar-refractivity contribution is 5.97. The number of likely N-dealkylation sites (tertiary alicyclic amines) is 2. The number of aromatic nitrogens is 2. The van der Waals surface area contributed by atoms with Crippen LogP contribution >= 0.6 is 0 Å². The van der Waals surface area contributed by atoms with E-state index in [0.29, 0.717) is 49.7 Å². The van der Waals surface area contributed by atoms with Crippen LogP contribution in [0, 0.1) is 22.5 Å². The second kappa shape index (κ2) is 9.36. The minimum absolute atomic E-state index is 0.0271. The molecule has 0 aliphatic carbocycles. The maximum Gasteiger partial charge on any atom is 0.381 e. The number of benzene rings is 1. The van der Waals surface area contributed by atoms with Crippen molar-refractivity contribution in [1.29, 1.82) is 0 Å². The molecule has 10 nitrogen and oxygen atoms in total. The minimum atomic E-state index is -0.534. The normalized spacial score (nSPS) is 17.2. The fourth-order valence-corrected chi connectivity index (χ4v) is 4.95. The SMILES string of the molecule is CC(=O)c1ccc(C(=O)N2CCC3(CCN(C(=O)CCn4cc([N+](=O)[O-])nc4C)C3)CC2)cc1. The Balaban J connectivity index is 1.28. The topological polar surface area (TPSA) is 119 Å². The van der Waals surface area contributed by atoms with Gasteiger partial charge in [0.15, 0.2) is 5.78 Å². The maximum atomic E-state index is 12.9. The van der Waals surface area contributed by atoms with Crippen LogP contribution in [0.2, 0.25) is 0 Å². The van der Waals surface area contributed by atoms with Crippen molar-refractivity contribution in [2.24, 2.45) is 5.41 Å². The van der Waals surface area contributed by atoms with Crippen molar-refractivity contribution in [3.8, 4) is 0 Å². The molecule has 1 aromatic carbocycles. The van der Waals surface area contributed by atoms with Crippen LogP contribution in [0.25, 0.3) is 0 Å². The fraction of sp³-hybridized carbons (Fsp3) is 0.500. The number of Topliss-reactive ketones (excluding diaryl/α,β-unsaturated/α-hetero) is 1. The largest absolute Gasteiger partial charge is 0.381 e. The van der Waals surface area contributed by atoms with Crippen LogP contribution in [-0.2, 0) is 11.3 Å². The molecular weight excluding hydrogens is 438 g/mol. The third-order valence-electron chi connectivity index (χ3n) is 7.16. The molecule has 0 saturated carbocycles. The molecule has 0 N–H and O–H groups in total. The number of amides is 2. The Kier molecular flexibility index (Phi) is 6.49. The Labute approximate surface area is 197 Å². The van der Waals surface area contributed by atoms with Crippen LogP contribution in [-0.4, -0.2) is 68.1 Å². The highest BCUT2D eigenvalue weighted by Gasteiger charge is 2.42. The lowest BCUT2D eigenvalue weighted by Crippen LogP contribution is -2.44. The van der Waals surface area contributed by atoms with Gasteiger partial charge in [0.2, 0.25) is 11.7 Å². The molecule has 1 spiro atoms. The average molecular weight is 468 g/mol. The zero-order valence-corrected chi connectivity index (χ0v) is 19.5. The van der Waals surface area contributed by atoms with Crippen molar-refractivity contribution < 1.29 is 19.3 Å². The molecule has 180 valence electrons. The van der Waals surface area contributed by atoms with Gasteiger partial charge < -0.3 is 24.5 Å². The quantitative estimate of drug-likeness (QED) is 0.366. The van der Waals surface area contributed by atoms with E-state index in [1.807, 2.05) is 9.80 Å². The van der Waals surface area contributed by atoms with E-state index >= 15 is 0 Å². The summed E-state index contributed by atoms with van der Waals surface area (Å²) < 4.78 is 1.65. The van der Waals surface area contributed by atoms with Crippen LogP contribution in [0.4, 0.5) is 5.82 Å². The first-order valence-corrected chi connectivity index (χ1v) is 11.5. The lowest BCUT2D eigenvalue weighted by molar-refractivity contribution is -0.389. The van der Waals surface area contributed by atoms with Gasteiger partial charge in [-0.05, 0) is 53.6 Å². The molecule has 0 radical (unpaired) electrons. The number of piperidine rings is 1. The first-order valence-electron chi connectivity index (χ1n) is 11.5. The Morgan fingerprint density at radius 3 is 2.18 bits per heavy atom. The van der Waals surface area contributed by atoms with Gasteiger partial charge in [-0.3, -0.25) is 14.4 Å². The van der Waals surface area contributed by atoms with Gasteiger partial charge in [0.1, 0.15) is 6.20 Å². The number of ketones is 1. The van der Waals surface area contributed by atoms with E-state index in [0.717, 1.165) is 19.3 Å². The Morgan fingerprint density at radius 1 is 1.03 bits per heavy atom. The molecule has 1 aromatic heterocycles. The molecule has 2 aromatic rings. The van der Waals surface area contributed by atoms with Crippen molar-refractivity contribution in [1.82, 2.24) is 19.4 Å². The summed E-state index contributed by atoms with van der Waals surface area (Å²) in [6.45, 7) is 6.23. The van der Waals surface area contributed by atoms with Crippen molar-refractivity contribution in [3.05, 3.63) is 57.5 Å². The average Bonchev–Trinajstić information content (AvgIpc) is 3.41. The number of nitro groups is 1. The molecule has 2 amide bonds. The molecule has 2 aliphatic heterocycles. The van der Waals surface area contributed by atoms with Gasteiger partial charge in [-0.2, -0.15) is 0 Å². The molecule has 4 rings (SSSR count). The summed E-state index contributed by atoms with van der Waals surface area (Å²) in [5, 5.41) is 10.9. The first kappa shape index (κ1) is 23.6. The molecule has 3 heterocycles. The zero-order valence-electron chi connectivity index (χ0n) is 19.5. The lowest BCUT2D eigenvalue weighted by Gasteiger charge is -2.39. The van der Waals surface area contributed by atoms with Gasteiger partial charge in [0, 0.05) is 57.2 Å². The monoisotopic (exact) mass is 467 g/mol. The second-order valence-corrected chi connectivity index (χ2v) is 9.34. The molecule has 0 bridgehead atoms. The standard InChI is InChI=1S/C24H29N5O5/c1-17(30)19-3-5-20(6-4-19)23(32)26-12-8-24(9-13-26)10-14-28(16-24)22(31)7-11-27-15-21(29(33)34)25-18(27)2/h3-6,15H,7-14,16H2,1-2H3. The molecule has 34 heavy (non-hydrogen) atoms. The molecule has 2 aliphatic rings. The number of carbonyl (C=O) groups excluding carboxylic acids is 3. The maximum absolute atomic E-state index is 12.9. The fourth-order valence-electron chi connectivity index (χ4n) is 4.95. The summed E-state index contributed by atoms with van der Waals surface area (Å²) >= 11 is 0. The smallest absolute Gasteiger partial charge is 0.358 e. The van der Waals surface area contributed by atoms with Crippen molar-refractivity contribution in [2.45, 2.75) is 46.1 Å². The summed E-state index contributed by atoms with van der Waals surface area (Å²) in [6, 6.07) is 6.78. The van der Waals surface area contributed by atoms with E-state index in [1.165, 1.54) is 13.1 Å². The number of nitrogens with zero attached hydrogens (tertiary/aromatic N) is 5. The summed E-state index contributed by atoms with van der Waals surface area (Å²) in [4.78, 5) is 55.1. The first-order chi connectivity index (χ1) is 16.2. The van der Waals surface area contributed by atoms with Gasteiger partial charge >= 0.3 is 5.82 Å². The van der Waals surface area contributed by atoms with Crippen molar-refractivity contribution in [3.63, 3.8) is 0 Å². The van der Waals surface area contributed by atoms with Gasteiger partial charge in [-0.15, -0.1) is 0 Å². The second-order valence-electron chi connectivity index (χ2n) is 9.34. The summed E-state index contributed by atoms with van der Waals surface area (Å²) in [5.74, 6) is 0.296. The van der Waals surface area contributed by atoms with E-state index in [9.17, 15) is 24.5 Å². The van der Waals surface area contributed by atoms with Crippen LogP contribution in [0.15, 0.2) is 30.5 Å². The number of aryl methyl sites for hydroxylation is 2. The Hall–Kier alpha value is -3.56. The minimum Gasteiger partial charge on any atom is -0.358 e. The third kappa shape index (κ3) is 4.85. The number of carbonyl (C=O) groups is 3. The molecular formula is C24H29N5O5. The highest BCUT2D eigenvalue weighted by atomic mass is 16.6. The third-order valence-corrected chi connectivity index (χ3v) is 7.16. The summed E-state index contributed by atoms with van der Waals surface area (Å²) in [5.41, 5.74) is 1.21. The molecule has 0 atom stereocenters. The number of imidazole rings is 1. The Morgan fingerprint density at radius 2 is 1.62 bits per heavy atom. The van der Waals surface area contributed by atoms with E-state index in [1.54, 1.807) is 35.8 Å². The van der Waals surface area contributed by atoms with E-state index in [2.05, 4.69) is 4.98 Å². The molecule has 0 unspecified atom stereocenters.